The van der Waals surface area contributed by atoms with Gasteiger partial charge in [-0.2, -0.15) is 0 Å². The molecule has 1 atom stereocenters. The van der Waals surface area contributed by atoms with Crippen molar-refractivity contribution in [2.24, 2.45) is 0 Å². The van der Waals surface area contributed by atoms with E-state index in [1.807, 2.05) is 0 Å². The quantitative estimate of drug-likeness (QED) is 0.820. The summed E-state index contributed by atoms with van der Waals surface area (Å²) in [7, 11) is 0. The molecule has 1 saturated heterocycles. The lowest BCUT2D eigenvalue weighted by Crippen LogP contribution is -2.37. The molecule has 0 spiro atoms. The lowest BCUT2D eigenvalue weighted by atomic mass is 10.1. The Labute approximate surface area is 98.7 Å². The number of anilines is 1. The minimum Gasteiger partial charge on any atom is -0.370 e. The monoisotopic (exact) mass is 218 g/mol. The van der Waals surface area contributed by atoms with Crippen LogP contribution in [0.25, 0.3) is 0 Å². The highest BCUT2D eigenvalue weighted by molar-refractivity contribution is 5.48. The zero-order valence-electron chi connectivity index (χ0n) is 10.4. The van der Waals surface area contributed by atoms with Crippen LogP contribution in [0.1, 0.15) is 25.3 Å². The van der Waals surface area contributed by atoms with Gasteiger partial charge in [0.15, 0.2) is 0 Å². The Hall–Kier alpha value is -1.02. The third-order valence-corrected chi connectivity index (χ3v) is 3.34. The Kier molecular flexibility index (Phi) is 3.83. The normalized spacial score (nSPS) is 21.9. The van der Waals surface area contributed by atoms with Gasteiger partial charge in [0.2, 0.25) is 0 Å². The fourth-order valence-corrected chi connectivity index (χ4v) is 2.33. The molecule has 2 nitrogen and oxygen atoms in total. The molecular weight excluding hydrogens is 196 g/mol. The molecule has 0 radical (unpaired) electrons. The lowest BCUT2D eigenvalue weighted by molar-refractivity contribution is 0.528. The van der Waals surface area contributed by atoms with Crippen molar-refractivity contribution in [2.45, 2.75) is 32.7 Å². The van der Waals surface area contributed by atoms with Crippen LogP contribution in [-0.2, 0) is 0 Å². The van der Waals surface area contributed by atoms with Crippen molar-refractivity contribution in [3.8, 4) is 0 Å². The van der Waals surface area contributed by atoms with Gasteiger partial charge < -0.3 is 10.2 Å². The number of rotatable bonds is 2. The molecule has 2 heteroatoms. The second-order valence-electron chi connectivity index (χ2n) is 4.70. The SMILES string of the molecule is CCC1CN(c2cccc(C)c2)CCCN1. The van der Waals surface area contributed by atoms with Gasteiger partial charge in [-0.1, -0.05) is 19.1 Å². The van der Waals surface area contributed by atoms with Crippen LogP contribution in [0.2, 0.25) is 0 Å². The van der Waals surface area contributed by atoms with Gasteiger partial charge in [-0.05, 0) is 44.0 Å². The van der Waals surface area contributed by atoms with Crippen LogP contribution in [0.15, 0.2) is 24.3 Å². The van der Waals surface area contributed by atoms with Gasteiger partial charge in [0, 0.05) is 24.8 Å². The van der Waals surface area contributed by atoms with E-state index in [2.05, 4.69) is 48.3 Å². The summed E-state index contributed by atoms with van der Waals surface area (Å²) in [5.74, 6) is 0. The number of aryl methyl sites for hydroxylation is 1. The summed E-state index contributed by atoms with van der Waals surface area (Å²) in [6, 6.07) is 9.48. The first kappa shape index (κ1) is 11.5. The van der Waals surface area contributed by atoms with Gasteiger partial charge in [0.25, 0.3) is 0 Å². The topological polar surface area (TPSA) is 15.3 Å². The van der Waals surface area contributed by atoms with Crippen LogP contribution in [0.4, 0.5) is 5.69 Å². The first-order chi connectivity index (χ1) is 7.79. The van der Waals surface area contributed by atoms with Crippen molar-refractivity contribution >= 4 is 5.69 Å². The van der Waals surface area contributed by atoms with Crippen LogP contribution in [0.5, 0.6) is 0 Å². The Balaban J connectivity index is 2.12. The maximum atomic E-state index is 3.60. The van der Waals surface area contributed by atoms with Crippen LogP contribution in [-0.4, -0.2) is 25.7 Å². The molecule has 1 N–H and O–H groups in total. The molecule has 0 amide bonds. The molecule has 0 aromatic heterocycles. The van der Waals surface area contributed by atoms with E-state index in [0.717, 1.165) is 13.1 Å². The molecule has 1 unspecified atom stereocenters. The number of hydrogen-bond donors (Lipinski definition) is 1. The van der Waals surface area contributed by atoms with E-state index in [1.165, 1.54) is 30.6 Å². The molecule has 1 aliphatic rings. The van der Waals surface area contributed by atoms with Crippen molar-refractivity contribution < 1.29 is 0 Å². The third-order valence-electron chi connectivity index (χ3n) is 3.34. The van der Waals surface area contributed by atoms with Crippen molar-refractivity contribution in [3.63, 3.8) is 0 Å². The van der Waals surface area contributed by atoms with Gasteiger partial charge in [0.1, 0.15) is 0 Å². The molecule has 1 fully saturated rings. The van der Waals surface area contributed by atoms with E-state index in [1.54, 1.807) is 0 Å². The summed E-state index contributed by atoms with van der Waals surface area (Å²) >= 11 is 0. The number of nitrogens with one attached hydrogen (secondary N) is 1. The molecule has 1 aromatic rings. The summed E-state index contributed by atoms with van der Waals surface area (Å²) in [5.41, 5.74) is 2.73. The first-order valence-corrected chi connectivity index (χ1v) is 6.34. The van der Waals surface area contributed by atoms with Gasteiger partial charge in [0.05, 0.1) is 0 Å². The maximum absolute atomic E-state index is 3.60. The fraction of sp³-hybridized carbons (Fsp3) is 0.571. The standard InChI is InChI=1S/C14H22N2/c1-3-13-11-16(9-5-8-15-13)14-7-4-6-12(2)10-14/h4,6-7,10,13,15H,3,5,8-9,11H2,1-2H3. The van der Waals surface area contributed by atoms with Gasteiger partial charge in [-0.15, -0.1) is 0 Å². The lowest BCUT2D eigenvalue weighted by Gasteiger charge is -2.26. The molecule has 1 aromatic carbocycles. The molecule has 1 heterocycles. The van der Waals surface area contributed by atoms with Crippen LogP contribution in [0, 0.1) is 6.92 Å². The largest absolute Gasteiger partial charge is 0.370 e. The molecule has 0 aliphatic carbocycles. The average molecular weight is 218 g/mol. The smallest absolute Gasteiger partial charge is 0.0369 e. The van der Waals surface area contributed by atoms with E-state index in [9.17, 15) is 0 Å². The summed E-state index contributed by atoms with van der Waals surface area (Å²) in [6.07, 6.45) is 2.45. The summed E-state index contributed by atoms with van der Waals surface area (Å²) in [5, 5.41) is 3.60. The minimum absolute atomic E-state index is 0.642. The van der Waals surface area contributed by atoms with Crippen molar-refractivity contribution in [1.29, 1.82) is 0 Å². The van der Waals surface area contributed by atoms with Crippen molar-refractivity contribution in [1.82, 2.24) is 5.32 Å². The average Bonchev–Trinajstić information content (AvgIpc) is 2.54. The van der Waals surface area contributed by atoms with Gasteiger partial charge >= 0.3 is 0 Å². The fourth-order valence-electron chi connectivity index (χ4n) is 2.33. The van der Waals surface area contributed by atoms with Crippen LogP contribution in [0.3, 0.4) is 0 Å². The highest BCUT2D eigenvalue weighted by Gasteiger charge is 2.16. The number of hydrogen-bond acceptors (Lipinski definition) is 2. The zero-order chi connectivity index (χ0) is 11.4. The maximum Gasteiger partial charge on any atom is 0.0369 e. The molecule has 2 rings (SSSR count). The molecule has 0 bridgehead atoms. The van der Waals surface area contributed by atoms with Crippen molar-refractivity contribution in [2.75, 3.05) is 24.5 Å². The zero-order valence-corrected chi connectivity index (χ0v) is 10.4. The molecular formula is C14H22N2. The summed E-state index contributed by atoms with van der Waals surface area (Å²) in [6.45, 7) is 7.89. The Morgan fingerprint density at radius 1 is 1.44 bits per heavy atom. The molecule has 0 saturated carbocycles. The van der Waals surface area contributed by atoms with E-state index in [0.29, 0.717) is 6.04 Å². The minimum atomic E-state index is 0.642. The number of nitrogens with zero attached hydrogens (tertiary/aromatic N) is 1. The summed E-state index contributed by atoms with van der Waals surface area (Å²) in [4.78, 5) is 2.52. The highest BCUT2D eigenvalue weighted by atomic mass is 15.2. The summed E-state index contributed by atoms with van der Waals surface area (Å²) < 4.78 is 0. The van der Waals surface area contributed by atoms with E-state index in [-0.39, 0.29) is 0 Å². The first-order valence-electron chi connectivity index (χ1n) is 6.34. The van der Waals surface area contributed by atoms with Gasteiger partial charge in [-0.25, -0.2) is 0 Å². The van der Waals surface area contributed by atoms with E-state index >= 15 is 0 Å². The van der Waals surface area contributed by atoms with E-state index in [4.69, 9.17) is 0 Å². The second-order valence-corrected chi connectivity index (χ2v) is 4.70. The Morgan fingerprint density at radius 2 is 2.31 bits per heavy atom. The van der Waals surface area contributed by atoms with Gasteiger partial charge in [-0.3, -0.25) is 0 Å². The second kappa shape index (κ2) is 5.35. The molecule has 88 valence electrons. The van der Waals surface area contributed by atoms with Crippen LogP contribution < -0.4 is 10.2 Å². The highest BCUT2D eigenvalue weighted by Crippen LogP contribution is 2.18. The predicted octanol–water partition coefficient (Wildman–Crippen LogP) is 2.57. The van der Waals surface area contributed by atoms with Crippen molar-refractivity contribution in [3.05, 3.63) is 29.8 Å². The Bertz CT molecular complexity index is 335. The molecule has 1 aliphatic heterocycles. The molecule has 16 heavy (non-hydrogen) atoms. The van der Waals surface area contributed by atoms with Crippen LogP contribution >= 0.6 is 0 Å². The number of benzene rings is 1. The third kappa shape index (κ3) is 2.76. The Morgan fingerprint density at radius 3 is 3.06 bits per heavy atom. The predicted molar refractivity (Wildman–Crippen MR) is 70.1 cm³/mol. The van der Waals surface area contributed by atoms with E-state index < -0.39 is 0 Å².